The molecule has 0 amide bonds. The molecular weight excluding hydrogens is 218 g/mol. The lowest BCUT2D eigenvalue weighted by atomic mass is 9.92. The second-order valence-corrected chi connectivity index (χ2v) is 5.02. The highest BCUT2D eigenvalue weighted by atomic mass is 16.5. The lowest BCUT2D eigenvalue weighted by molar-refractivity contribution is 0.374. The quantitative estimate of drug-likeness (QED) is 0.852. The van der Waals surface area contributed by atoms with Gasteiger partial charge in [0.05, 0.1) is 11.8 Å². The first kappa shape index (κ1) is 11.3. The molecule has 17 heavy (non-hydrogen) atoms. The van der Waals surface area contributed by atoms with Crippen molar-refractivity contribution in [2.24, 2.45) is 5.41 Å². The van der Waals surface area contributed by atoms with Crippen LogP contribution in [0.4, 0.5) is 0 Å². The maximum Gasteiger partial charge on any atom is 0.262 e. The predicted octanol–water partition coefficient (Wildman–Crippen LogP) is 1.92. The summed E-state index contributed by atoms with van der Waals surface area (Å²) in [5, 5.41) is 19.1. The van der Waals surface area contributed by atoms with Gasteiger partial charge in [0.25, 0.3) is 5.89 Å². The second-order valence-electron chi connectivity index (χ2n) is 5.02. The van der Waals surface area contributed by atoms with E-state index in [1.54, 1.807) is 0 Å². The van der Waals surface area contributed by atoms with Crippen molar-refractivity contribution in [3.05, 3.63) is 17.7 Å². The summed E-state index contributed by atoms with van der Waals surface area (Å²) in [6.45, 7) is 6.30. The molecule has 0 unspecified atom stereocenters. The highest BCUT2D eigenvalue weighted by Gasteiger charge is 2.19. The van der Waals surface area contributed by atoms with Gasteiger partial charge in [0, 0.05) is 6.42 Å². The fourth-order valence-corrected chi connectivity index (χ4v) is 1.44. The van der Waals surface area contributed by atoms with Crippen LogP contribution >= 0.6 is 0 Å². The normalized spacial score (nSPS) is 11.4. The Morgan fingerprint density at radius 3 is 2.88 bits per heavy atom. The largest absolute Gasteiger partial charge is 0.334 e. The van der Waals surface area contributed by atoms with Crippen LogP contribution in [-0.2, 0) is 6.42 Å². The van der Waals surface area contributed by atoms with E-state index in [0.29, 0.717) is 23.0 Å². The van der Waals surface area contributed by atoms with Crippen LogP contribution < -0.4 is 0 Å². The van der Waals surface area contributed by atoms with E-state index in [4.69, 9.17) is 9.78 Å². The van der Waals surface area contributed by atoms with E-state index < -0.39 is 0 Å². The van der Waals surface area contributed by atoms with Crippen LogP contribution in [0.1, 0.15) is 32.3 Å². The van der Waals surface area contributed by atoms with Gasteiger partial charge in [0.2, 0.25) is 0 Å². The Balaban J connectivity index is 2.28. The predicted molar refractivity (Wildman–Crippen MR) is 59.8 cm³/mol. The van der Waals surface area contributed by atoms with Gasteiger partial charge < -0.3 is 4.52 Å². The standard InChI is InChI=1S/C11H13N5O/c1-11(2,3)4-9-14-10(17-16-9)7-6-13-15-8(7)5-12/h6H,4H2,1-3H3,(H,13,15). The van der Waals surface area contributed by atoms with Gasteiger partial charge in [-0.05, 0) is 5.41 Å². The first-order valence-corrected chi connectivity index (χ1v) is 5.26. The van der Waals surface area contributed by atoms with Crippen LogP contribution in [0.2, 0.25) is 0 Å². The van der Waals surface area contributed by atoms with E-state index >= 15 is 0 Å². The number of rotatable bonds is 2. The summed E-state index contributed by atoms with van der Waals surface area (Å²) in [4.78, 5) is 4.26. The van der Waals surface area contributed by atoms with E-state index in [9.17, 15) is 0 Å². The minimum atomic E-state index is 0.0929. The van der Waals surface area contributed by atoms with Crippen molar-refractivity contribution in [2.75, 3.05) is 0 Å². The zero-order valence-corrected chi connectivity index (χ0v) is 9.98. The third-order valence-corrected chi connectivity index (χ3v) is 2.14. The number of nitrogens with one attached hydrogen (secondary N) is 1. The topological polar surface area (TPSA) is 91.4 Å². The molecule has 0 aromatic carbocycles. The van der Waals surface area contributed by atoms with Gasteiger partial charge in [-0.3, -0.25) is 5.10 Å². The summed E-state index contributed by atoms with van der Waals surface area (Å²) in [6.07, 6.45) is 2.23. The maximum atomic E-state index is 8.85. The molecule has 0 bridgehead atoms. The molecule has 6 heteroatoms. The fourth-order valence-electron chi connectivity index (χ4n) is 1.44. The molecule has 0 saturated heterocycles. The highest BCUT2D eigenvalue weighted by molar-refractivity contribution is 5.58. The number of H-pyrrole nitrogens is 1. The molecule has 0 fully saturated rings. The fraction of sp³-hybridized carbons (Fsp3) is 0.455. The molecule has 0 radical (unpaired) electrons. The third kappa shape index (κ3) is 2.50. The first-order chi connectivity index (χ1) is 7.99. The number of hydrogen-bond donors (Lipinski definition) is 1. The number of aromatic nitrogens is 4. The smallest absolute Gasteiger partial charge is 0.262 e. The molecule has 6 nitrogen and oxygen atoms in total. The van der Waals surface area contributed by atoms with Crippen molar-refractivity contribution in [1.29, 1.82) is 5.26 Å². The minimum Gasteiger partial charge on any atom is -0.334 e. The van der Waals surface area contributed by atoms with Gasteiger partial charge in [-0.1, -0.05) is 25.9 Å². The summed E-state index contributed by atoms with van der Waals surface area (Å²) in [5.41, 5.74) is 0.964. The Kier molecular flexibility index (Phi) is 2.68. The van der Waals surface area contributed by atoms with Gasteiger partial charge in [-0.2, -0.15) is 15.3 Å². The molecule has 2 aromatic rings. The Bertz CT molecular complexity index is 555. The number of nitriles is 1. The number of hydrogen-bond acceptors (Lipinski definition) is 5. The molecular formula is C11H13N5O. The zero-order valence-electron chi connectivity index (χ0n) is 9.98. The van der Waals surface area contributed by atoms with Crippen LogP contribution in [0.3, 0.4) is 0 Å². The molecule has 0 aliphatic heterocycles. The van der Waals surface area contributed by atoms with Crippen LogP contribution in [0.25, 0.3) is 11.5 Å². The zero-order chi connectivity index (χ0) is 12.5. The van der Waals surface area contributed by atoms with Gasteiger partial charge >= 0.3 is 0 Å². The van der Waals surface area contributed by atoms with Crippen LogP contribution in [0.5, 0.6) is 0 Å². The highest BCUT2D eigenvalue weighted by Crippen LogP contribution is 2.23. The average Bonchev–Trinajstić information content (AvgIpc) is 2.81. The van der Waals surface area contributed by atoms with Crippen LogP contribution in [0, 0.1) is 16.7 Å². The van der Waals surface area contributed by atoms with E-state index in [-0.39, 0.29) is 5.41 Å². The van der Waals surface area contributed by atoms with Gasteiger partial charge in [-0.25, -0.2) is 0 Å². The molecule has 2 heterocycles. The summed E-state index contributed by atoms with van der Waals surface area (Å²) in [6, 6.07) is 1.99. The average molecular weight is 231 g/mol. The molecule has 1 N–H and O–H groups in total. The molecule has 0 spiro atoms. The van der Waals surface area contributed by atoms with Gasteiger partial charge in [0.1, 0.15) is 11.8 Å². The Morgan fingerprint density at radius 2 is 2.24 bits per heavy atom. The maximum absolute atomic E-state index is 8.85. The van der Waals surface area contributed by atoms with Crippen molar-refractivity contribution in [3.63, 3.8) is 0 Å². The molecule has 0 atom stereocenters. The van der Waals surface area contributed by atoms with Crippen molar-refractivity contribution >= 4 is 0 Å². The summed E-state index contributed by atoms with van der Waals surface area (Å²) in [5.74, 6) is 0.965. The Labute approximate surface area is 98.7 Å². The van der Waals surface area contributed by atoms with Crippen molar-refractivity contribution in [1.82, 2.24) is 20.3 Å². The molecule has 0 aliphatic carbocycles. The van der Waals surface area contributed by atoms with E-state index in [1.165, 1.54) is 6.20 Å². The Hall–Kier alpha value is -2.16. The molecule has 88 valence electrons. The number of nitrogens with zero attached hydrogens (tertiary/aromatic N) is 4. The number of aromatic amines is 1. The molecule has 0 saturated carbocycles. The van der Waals surface area contributed by atoms with Crippen LogP contribution in [0.15, 0.2) is 10.7 Å². The molecule has 0 aliphatic rings. The molecule has 2 rings (SSSR count). The van der Waals surface area contributed by atoms with Crippen molar-refractivity contribution in [3.8, 4) is 17.5 Å². The van der Waals surface area contributed by atoms with Crippen molar-refractivity contribution in [2.45, 2.75) is 27.2 Å². The van der Waals surface area contributed by atoms with Crippen molar-refractivity contribution < 1.29 is 4.52 Å². The first-order valence-electron chi connectivity index (χ1n) is 5.26. The summed E-state index contributed by atoms with van der Waals surface area (Å²) >= 11 is 0. The molecule has 2 aromatic heterocycles. The Morgan fingerprint density at radius 1 is 1.47 bits per heavy atom. The van der Waals surface area contributed by atoms with E-state index in [0.717, 1.165) is 6.42 Å². The lowest BCUT2D eigenvalue weighted by Gasteiger charge is -2.14. The van der Waals surface area contributed by atoms with Gasteiger partial charge in [0.15, 0.2) is 5.82 Å². The lowest BCUT2D eigenvalue weighted by Crippen LogP contribution is -2.10. The summed E-state index contributed by atoms with van der Waals surface area (Å²) < 4.78 is 5.13. The third-order valence-electron chi connectivity index (χ3n) is 2.14. The monoisotopic (exact) mass is 231 g/mol. The minimum absolute atomic E-state index is 0.0929. The van der Waals surface area contributed by atoms with Gasteiger partial charge in [-0.15, -0.1) is 0 Å². The second kappa shape index (κ2) is 4.01. The van der Waals surface area contributed by atoms with E-state index in [2.05, 4.69) is 41.1 Å². The SMILES string of the molecule is CC(C)(C)Cc1noc(-c2cn[nH]c2C#N)n1. The van der Waals surface area contributed by atoms with E-state index in [1.807, 2.05) is 6.07 Å². The van der Waals surface area contributed by atoms with Crippen LogP contribution in [-0.4, -0.2) is 20.3 Å². The summed E-state index contributed by atoms with van der Waals surface area (Å²) in [7, 11) is 0.